The Hall–Kier alpha value is -3.77. The van der Waals surface area contributed by atoms with Gasteiger partial charge in [0.25, 0.3) is 0 Å². The van der Waals surface area contributed by atoms with E-state index in [1.165, 1.54) is 6.33 Å². The number of imidazole rings is 1. The summed E-state index contributed by atoms with van der Waals surface area (Å²) in [5.74, 6) is -3.70. The Labute approximate surface area is 209 Å². The number of carboxylic acids is 1. The molecule has 0 saturated carbocycles. The first kappa shape index (κ1) is 28.5. The molecule has 1 aromatic heterocycles. The zero-order valence-electron chi connectivity index (χ0n) is 20.3. The van der Waals surface area contributed by atoms with Crippen molar-refractivity contribution in [3.05, 3.63) is 54.1 Å². The van der Waals surface area contributed by atoms with Crippen LogP contribution in [-0.2, 0) is 32.0 Å². The van der Waals surface area contributed by atoms with E-state index in [0.29, 0.717) is 12.1 Å². The Morgan fingerprint density at radius 3 is 2.22 bits per heavy atom. The number of carboxylic acid groups (broad SMARTS) is 1. The Morgan fingerprint density at radius 2 is 1.67 bits per heavy atom. The van der Waals surface area contributed by atoms with Crippen LogP contribution < -0.4 is 21.7 Å². The third-order valence-electron chi connectivity index (χ3n) is 5.84. The summed E-state index contributed by atoms with van der Waals surface area (Å²) < 4.78 is 0. The number of aliphatic carboxylic acids is 1. The molecule has 3 amide bonds. The molecule has 0 spiro atoms. The van der Waals surface area contributed by atoms with Gasteiger partial charge in [0.15, 0.2) is 0 Å². The number of amides is 3. The van der Waals surface area contributed by atoms with Crippen molar-refractivity contribution in [2.45, 2.75) is 57.3 Å². The van der Waals surface area contributed by atoms with Crippen LogP contribution in [-0.4, -0.2) is 74.6 Å². The van der Waals surface area contributed by atoms with Gasteiger partial charge in [-0.05, 0) is 11.5 Å². The molecule has 1 aromatic carbocycles. The molecule has 196 valence electrons. The topological polar surface area (TPSA) is 200 Å². The first-order chi connectivity index (χ1) is 17.2. The average molecular weight is 503 g/mol. The standard InChI is InChI=1S/C24H34N6O6/c1-3-14(2)20(23(34)29-19(12-31)24(35)36)30-22(33)18(9-15-7-5-4-6-8-15)28-21(32)17(25)10-16-11-26-13-27-16/h4-8,11,13-14,17-20,31H,3,9-10,12,25H2,1-2H3,(H,26,27)(H,28,32)(H,29,34)(H,30,33)(H,35,36). The number of aromatic amines is 1. The van der Waals surface area contributed by atoms with Gasteiger partial charge < -0.3 is 36.9 Å². The van der Waals surface area contributed by atoms with E-state index in [-0.39, 0.29) is 18.8 Å². The van der Waals surface area contributed by atoms with Crippen molar-refractivity contribution in [2.24, 2.45) is 11.7 Å². The van der Waals surface area contributed by atoms with Gasteiger partial charge in [0, 0.05) is 24.7 Å². The van der Waals surface area contributed by atoms with Crippen LogP contribution in [0.1, 0.15) is 31.5 Å². The Kier molecular flexibility index (Phi) is 11.0. The lowest BCUT2D eigenvalue weighted by Gasteiger charge is -2.28. The van der Waals surface area contributed by atoms with Crippen molar-refractivity contribution in [3.63, 3.8) is 0 Å². The van der Waals surface area contributed by atoms with E-state index < -0.39 is 54.5 Å². The molecule has 0 aliphatic heterocycles. The predicted octanol–water partition coefficient (Wildman–Crippen LogP) is -0.900. The lowest BCUT2D eigenvalue weighted by molar-refractivity contribution is -0.143. The summed E-state index contributed by atoms with van der Waals surface area (Å²) >= 11 is 0. The van der Waals surface area contributed by atoms with Gasteiger partial charge in [0.2, 0.25) is 17.7 Å². The molecular formula is C24H34N6O6. The first-order valence-electron chi connectivity index (χ1n) is 11.7. The Morgan fingerprint density at radius 1 is 1.00 bits per heavy atom. The summed E-state index contributed by atoms with van der Waals surface area (Å²) in [5, 5.41) is 26.0. The van der Waals surface area contributed by atoms with Crippen molar-refractivity contribution in [3.8, 4) is 0 Å². The number of nitrogens with zero attached hydrogens (tertiary/aromatic N) is 1. The van der Waals surface area contributed by atoms with Gasteiger partial charge in [0.05, 0.1) is 19.0 Å². The number of hydrogen-bond acceptors (Lipinski definition) is 7. The molecule has 2 aromatic rings. The van der Waals surface area contributed by atoms with E-state index >= 15 is 0 Å². The lowest BCUT2D eigenvalue weighted by Crippen LogP contribution is -2.59. The number of hydrogen-bond donors (Lipinski definition) is 7. The summed E-state index contributed by atoms with van der Waals surface area (Å²) in [7, 11) is 0. The van der Waals surface area contributed by atoms with E-state index in [9.17, 15) is 24.3 Å². The van der Waals surface area contributed by atoms with Crippen molar-refractivity contribution in [2.75, 3.05) is 6.61 Å². The molecule has 0 fully saturated rings. The normalized spacial score (nSPS) is 15.1. The minimum absolute atomic E-state index is 0.137. The SMILES string of the molecule is CCC(C)C(NC(=O)C(Cc1ccccc1)NC(=O)C(N)Cc1cnc[nH]1)C(=O)NC(CO)C(=O)O. The summed E-state index contributed by atoms with van der Waals surface area (Å²) in [6, 6.07) is 4.40. The smallest absolute Gasteiger partial charge is 0.328 e. The molecule has 5 atom stereocenters. The van der Waals surface area contributed by atoms with Crippen LogP contribution in [0.5, 0.6) is 0 Å². The van der Waals surface area contributed by atoms with Crippen LogP contribution in [0.4, 0.5) is 0 Å². The maximum absolute atomic E-state index is 13.3. The summed E-state index contributed by atoms with van der Waals surface area (Å²) in [4.78, 5) is 57.0. The van der Waals surface area contributed by atoms with Gasteiger partial charge >= 0.3 is 5.97 Å². The van der Waals surface area contributed by atoms with Crippen molar-refractivity contribution in [1.82, 2.24) is 25.9 Å². The lowest BCUT2D eigenvalue weighted by atomic mass is 9.96. The summed E-state index contributed by atoms with van der Waals surface area (Å²) in [5.41, 5.74) is 7.47. The van der Waals surface area contributed by atoms with E-state index in [2.05, 4.69) is 25.9 Å². The summed E-state index contributed by atoms with van der Waals surface area (Å²) in [6.07, 6.45) is 3.84. The second-order valence-electron chi connectivity index (χ2n) is 8.59. The molecule has 12 nitrogen and oxygen atoms in total. The minimum atomic E-state index is -1.51. The van der Waals surface area contributed by atoms with Gasteiger partial charge in [-0.25, -0.2) is 9.78 Å². The molecule has 12 heteroatoms. The third-order valence-corrected chi connectivity index (χ3v) is 5.84. The van der Waals surface area contributed by atoms with Gasteiger partial charge in [0.1, 0.15) is 18.1 Å². The number of benzene rings is 1. The highest BCUT2D eigenvalue weighted by molar-refractivity contribution is 5.94. The number of nitrogens with two attached hydrogens (primary N) is 1. The fraction of sp³-hybridized carbons (Fsp3) is 0.458. The van der Waals surface area contributed by atoms with E-state index in [0.717, 1.165) is 5.56 Å². The summed E-state index contributed by atoms with van der Waals surface area (Å²) in [6.45, 7) is 2.74. The second kappa shape index (κ2) is 14.0. The monoisotopic (exact) mass is 502 g/mol. The number of nitrogens with one attached hydrogen (secondary N) is 4. The molecule has 2 rings (SSSR count). The number of aliphatic hydroxyl groups excluding tert-OH is 1. The maximum Gasteiger partial charge on any atom is 0.328 e. The van der Waals surface area contributed by atoms with Gasteiger partial charge in [-0.15, -0.1) is 0 Å². The quantitative estimate of drug-likeness (QED) is 0.172. The number of carbonyl (C=O) groups excluding carboxylic acids is 3. The van der Waals surface area contributed by atoms with E-state index in [1.54, 1.807) is 37.4 Å². The predicted molar refractivity (Wildman–Crippen MR) is 130 cm³/mol. The van der Waals surface area contributed by atoms with Crippen LogP contribution in [0.15, 0.2) is 42.9 Å². The molecule has 0 bridgehead atoms. The number of rotatable bonds is 14. The van der Waals surface area contributed by atoms with E-state index in [4.69, 9.17) is 10.8 Å². The van der Waals surface area contributed by atoms with Crippen LogP contribution in [0.3, 0.4) is 0 Å². The largest absolute Gasteiger partial charge is 0.480 e. The van der Waals surface area contributed by atoms with Crippen molar-refractivity contribution >= 4 is 23.7 Å². The van der Waals surface area contributed by atoms with Gasteiger partial charge in [-0.1, -0.05) is 50.6 Å². The molecule has 36 heavy (non-hydrogen) atoms. The molecule has 8 N–H and O–H groups in total. The van der Waals surface area contributed by atoms with Crippen LogP contribution in [0, 0.1) is 5.92 Å². The molecule has 1 heterocycles. The van der Waals surface area contributed by atoms with Crippen molar-refractivity contribution in [1.29, 1.82) is 0 Å². The number of carbonyl (C=O) groups is 4. The Bertz CT molecular complexity index is 1000. The van der Waals surface area contributed by atoms with Crippen LogP contribution >= 0.6 is 0 Å². The zero-order chi connectivity index (χ0) is 26.7. The highest BCUT2D eigenvalue weighted by atomic mass is 16.4. The third kappa shape index (κ3) is 8.47. The molecular weight excluding hydrogens is 468 g/mol. The minimum Gasteiger partial charge on any atom is -0.480 e. The number of aromatic nitrogens is 2. The second-order valence-corrected chi connectivity index (χ2v) is 8.59. The fourth-order valence-electron chi connectivity index (χ4n) is 3.47. The van der Waals surface area contributed by atoms with Crippen molar-refractivity contribution < 1.29 is 29.4 Å². The Balaban J connectivity index is 2.20. The highest BCUT2D eigenvalue weighted by Crippen LogP contribution is 2.11. The molecule has 0 saturated heterocycles. The van der Waals surface area contributed by atoms with Gasteiger partial charge in [-0.2, -0.15) is 0 Å². The van der Waals surface area contributed by atoms with Crippen LogP contribution in [0.2, 0.25) is 0 Å². The number of H-pyrrole nitrogens is 1. The maximum atomic E-state index is 13.3. The number of aliphatic hydroxyl groups is 1. The molecule has 0 radical (unpaired) electrons. The fourth-order valence-corrected chi connectivity index (χ4v) is 3.47. The zero-order valence-corrected chi connectivity index (χ0v) is 20.3. The molecule has 5 unspecified atom stereocenters. The molecule has 0 aliphatic rings. The van der Waals surface area contributed by atoms with Gasteiger partial charge in [-0.3, -0.25) is 14.4 Å². The molecule has 0 aliphatic carbocycles. The van der Waals surface area contributed by atoms with E-state index in [1.807, 2.05) is 13.0 Å². The highest BCUT2D eigenvalue weighted by Gasteiger charge is 2.32. The van der Waals surface area contributed by atoms with Crippen LogP contribution in [0.25, 0.3) is 0 Å². The first-order valence-corrected chi connectivity index (χ1v) is 11.7. The average Bonchev–Trinajstić information content (AvgIpc) is 3.37.